The molecule has 7 nitrogen and oxygen atoms in total. The van der Waals surface area contributed by atoms with Gasteiger partial charge >= 0.3 is 0 Å². The quantitative estimate of drug-likeness (QED) is 0.355. The Morgan fingerprint density at radius 3 is 2.35 bits per heavy atom. The van der Waals surface area contributed by atoms with Gasteiger partial charge in [-0.2, -0.15) is 0 Å². The Morgan fingerprint density at radius 2 is 1.65 bits per heavy atom. The van der Waals surface area contributed by atoms with E-state index < -0.39 is 0 Å². The maximum atomic E-state index is 12.4. The van der Waals surface area contributed by atoms with E-state index in [1.807, 2.05) is 68.4 Å². The van der Waals surface area contributed by atoms with E-state index in [-0.39, 0.29) is 11.9 Å². The van der Waals surface area contributed by atoms with Crippen LogP contribution in [-0.4, -0.2) is 31.2 Å². The predicted molar refractivity (Wildman–Crippen MR) is 130 cm³/mol. The summed E-state index contributed by atoms with van der Waals surface area (Å²) in [5.74, 6) is 2.63. The smallest absolute Gasteiger partial charge is 0.220 e. The number of nitrogens with one attached hydrogen (secondary N) is 1. The van der Waals surface area contributed by atoms with E-state index in [9.17, 15) is 4.79 Å². The van der Waals surface area contributed by atoms with Crippen molar-refractivity contribution in [1.82, 2.24) is 10.3 Å². The van der Waals surface area contributed by atoms with Gasteiger partial charge < -0.3 is 24.3 Å². The molecule has 3 rings (SSSR count). The number of methoxy groups -OCH3 is 1. The van der Waals surface area contributed by atoms with Crippen LogP contribution in [0.4, 0.5) is 0 Å². The standard InChI is InChI=1S/C27H32N2O5/c1-4-32-23-8-5-6-9-24(23)33-17-7-10-27(30)29-20(2)22-11-12-25(26(18-22)31-3)34-19-21-13-15-28-16-14-21/h5-6,8-9,11-16,18,20H,4,7,10,17,19H2,1-3H3,(H,29,30). The van der Waals surface area contributed by atoms with Crippen molar-refractivity contribution in [3.63, 3.8) is 0 Å². The molecular formula is C27H32N2O5. The average Bonchev–Trinajstić information content (AvgIpc) is 2.87. The van der Waals surface area contributed by atoms with Gasteiger partial charge in [0.05, 0.1) is 26.4 Å². The van der Waals surface area contributed by atoms with Gasteiger partial charge in [-0.15, -0.1) is 0 Å². The molecule has 1 heterocycles. The lowest BCUT2D eigenvalue weighted by atomic mass is 10.1. The zero-order valence-corrected chi connectivity index (χ0v) is 20.0. The maximum Gasteiger partial charge on any atom is 0.220 e. The van der Waals surface area contributed by atoms with Crippen molar-refractivity contribution in [1.29, 1.82) is 0 Å². The molecule has 1 unspecified atom stereocenters. The number of carbonyl (C=O) groups excluding carboxylic acids is 1. The average molecular weight is 465 g/mol. The predicted octanol–water partition coefficient (Wildman–Crippen LogP) is 5.10. The number of amides is 1. The second-order valence-corrected chi connectivity index (χ2v) is 7.68. The maximum absolute atomic E-state index is 12.4. The number of hydrogen-bond donors (Lipinski definition) is 1. The van der Waals surface area contributed by atoms with E-state index in [1.54, 1.807) is 19.5 Å². The van der Waals surface area contributed by atoms with E-state index in [4.69, 9.17) is 18.9 Å². The number of rotatable bonds is 13. The van der Waals surface area contributed by atoms with Gasteiger partial charge in [0.2, 0.25) is 5.91 Å². The highest BCUT2D eigenvalue weighted by molar-refractivity contribution is 5.76. The molecule has 1 aromatic heterocycles. The second kappa shape index (κ2) is 13.1. The molecule has 1 atom stereocenters. The summed E-state index contributed by atoms with van der Waals surface area (Å²) in [4.78, 5) is 16.4. The van der Waals surface area contributed by atoms with Crippen molar-refractivity contribution in [3.05, 3.63) is 78.1 Å². The summed E-state index contributed by atoms with van der Waals surface area (Å²) in [5, 5.41) is 3.03. The van der Waals surface area contributed by atoms with E-state index in [0.717, 1.165) is 11.1 Å². The Bertz CT molecular complexity index is 1040. The topological polar surface area (TPSA) is 78.9 Å². The number of ether oxygens (including phenoxy) is 4. The fourth-order valence-electron chi connectivity index (χ4n) is 3.37. The Kier molecular flexibility index (Phi) is 9.58. The molecule has 7 heteroatoms. The Labute approximate surface area is 201 Å². The minimum Gasteiger partial charge on any atom is -0.493 e. The lowest BCUT2D eigenvalue weighted by Crippen LogP contribution is -2.26. The highest BCUT2D eigenvalue weighted by Crippen LogP contribution is 2.31. The van der Waals surface area contributed by atoms with Gasteiger partial charge in [0.25, 0.3) is 0 Å². The van der Waals surface area contributed by atoms with Crippen molar-refractivity contribution in [3.8, 4) is 23.0 Å². The Morgan fingerprint density at radius 1 is 0.941 bits per heavy atom. The van der Waals surface area contributed by atoms with E-state index in [0.29, 0.717) is 55.7 Å². The normalized spacial score (nSPS) is 11.4. The van der Waals surface area contributed by atoms with Crippen molar-refractivity contribution in [2.24, 2.45) is 0 Å². The molecule has 0 fully saturated rings. The lowest BCUT2D eigenvalue weighted by molar-refractivity contribution is -0.121. The molecule has 0 saturated heterocycles. The molecule has 34 heavy (non-hydrogen) atoms. The highest BCUT2D eigenvalue weighted by Gasteiger charge is 2.13. The van der Waals surface area contributed by atoms with Crippen LogP contribution in [0.15, 0.2) is 67.0 Å². The van der Waals surface area contributed by atoms with Crippen LogP contribution in [0.25, 0.3) is 0 Å². The second-order valence-electron chi connectivity index (χ2n) is 7.68. The SMILES string of the molecule is CCOc1ccccc1OCCCC(=O)NC(C)c1ccc(OCc2ccncc2)c(OC)c1. The van der Waals surface area contributed by atoms with Gasteiger partial charge in [-0.3, -0.25) is 9.78 Å². The number of pyridine rings is 1. The van der Waals surface area contributed by atoms with Gasteiger partial charge in [-0.25, -0.2) is 0 Å². The summed E-state index contributed by atoms with van der Waals surface area (Å²) >= 11 is 0. The first-order valence-electron chi connectivity index (χ1n) is 11.4. The molecule has 1 N–H and O–H groups in total. The summed E-state index contributed by atoms with van der Waals surface area (Å²) < 4.78 is 22.7. The van der Waals surface area contributed by atoms with Gasteiger partial charge in [0, 0.05) is 18.8 Å². The summed E-state index contributed by atoms with van der Waals surface area (Å²) in [6.07, 6.45) is 4.43. The summed E-state index contributed by atoms with van der Waals surface area (Å²) in [7, 11) is 1.60. The minimum atomic E-state index is -0.171. The lowest BCUT2D eigenvalue weighted by Gasteiger charge is -2.17. The van der Waals surface area contributed by atoms with Crippen LogP contribution >= 0.6 is 0 Å². The van der Waals surface area contributed by atoms with Gasteiger partial charge in [-0.1, -0.05) is 18.2 Å². The largest absolute Gasteiger partial charge is 0.493 e. The summed E-state index contributed by atoms with van der Waals surface area (Å²) in [5.41, 5.74) is 1.95. The van der Waals surface area contributed by atoms with Crippen LogP contribution in [-0.2, 0) is 11.4 Å². The van der Waals surface area contributed by atoms with E-state index in [1.165, 1.54) is 0 Å². The Hall–Kier alpha value is -3.74. The minimum absolute atomic E-state index is 0.0360. The molecule has 0 aliphatic carbocycles. The molecule has 1 amide bonds. The summed E-state index contributed by atoms with van der Waals surface area (Å²) in [6, 6.07) is 16.9. The number of aromatic nitrogens is 1. The zero-order chi connectivity index (χ0) is 24.2. The van der Waals surface area contributed by atoms with Crippen molar-refractivity contribution in [2.75, 3.05) is 20.3 Å². The van der Waals surface area contributed by atoms with Crippen LogP contribution in [0.3, 0.4) is 0 Å². The third-order valence-corrected chi connectivity index (χ3v) is 5.16. The zero-order valence-electron chi connectivity index (χ0n) is 20.0. The van der Waals surface area contributed by atoms with Crippen LogP contribution in [0.5, 0.6) is 23.0 Å². The van der Waals surface area contributed by atoms with Crippen molar-refractivity contribution in [2.45, 2.75) is 39.3 Å². The molecule has 2 aromatic carbocycles. The molecule has 0 bridgehead atoms. The Balaban J connectivity index is 1.46. The molecule has 0 radical (unpaired) electrons. The number of benzene rings is 2. The van der Waals surface area contributed by atoms with E-state index in [2.05, 4.69) is 10.3 Å². The number of hydrogen-bond acceptors (Lipinski definition) is 6. The molecule has 0 aliphatic rings. The van der Waals surface area contributed by atoms with Crippen LogP contribution in [0, 0.1) is 0 Å². The molecule has 0 spiro atoms. The fourth-order valence-corrected chi connectivity index (χ4v) is 3.37. The highest BCUT2D eigenvalue weighted by atomic mass is 16.5. The first-order valence-corrected chi connectivity index (χ1v) is 11.4. The molecule has 3 aromatic rings. The number of para-hydroxylation sites is 2. The molecule has 0 aliphatic heterocycles. The fraction of sp³-hybridized carbons (Fsp3) is 0.333. The van der Waals surface area contributed by atoms with Gasteiger partial charge in [0.15, 0.2) is 23.0 Å². The van der Waals surface area contributed by atoms with Gasteiger partial charge in [0.1, 0.15) is 6.61 Å². The van der Waals surface area contributed by atoms with Crippen LogP contribution in [0.1, 0.15) is 43.9 Å². The van der Waals surface area contributed by atoms with E-state index >= 15 is 0 Å². The molecular weight excluding hydrogens is 432 g/mol. The van der Waals surface area contributed by atoms with Gasteiger partial charge in [-0.05, 0) is 67.8 Å². The molecule has 0 saturated carbocycles. The monoisotopic (exact) mass is 464 g/mol. The van der Waals surface area contributed by atoms with Crippen LogP contribution in [0.2, 0.25) is 0 Å². The van der Waals surface area contributed by atoms with Crippen molar-refractivity contribution < 1.29 is 23.7 Å². The first kappa shape index (κ1) is 24.9. The van der Waals surface area contributed by atoms with Crippen molar-refractivity contribution >= 4 is 5.91 Å². The third kappa shape index (κ3) is 7.40. The first-order chi connectivity index (χ1) is 16.6. The number of nitrogens with zero attached hydrogens (tertiary/aromatic N) is 1. The molecule has 180 valence electrons. The third-order valence-electron chi connectivity index (χ3n) is 5.16. The number of carbonyl (C=O) groups is 1. The summed E-state index contributed by atoms with van der Waals surface area (Å²) in [6.45, 7) is 5.30. The van der Waals surface area contributed by atoms with Crippen LogP contribution < -0.4 is 24.3 Å².